The van der Waals surface area contributed by atoms with Crippen LogP contribution in [0.25, 0.3) is 0 Å². The molecule has 0 saturated carbocycles. The number of piperazine rings is 1. The van der Waals surface area contributed by atoms with Gasteiger partial charge in [0.15, 0.2) is 0 Å². The minimum absolute atomic E-state index is 0.110. The summed E-state index contributed by atoms with van der Waals surface area (Å²) in [6, 6.07) is 8.07. The van der Waals surface area contributed by atoms with Crippen LogP contribution in [0.2, 0.25) is 0 Å². The van der Waals surface area contributed by atoms with E-state index in [1.807, 2.05) is 11.0 Å². The van der Waals surface area contributed by atoms with Crippen LogP contribution in [-0.2, 0) is 16.2 Å². The third kappa shape index (κ3) is 4.02. The molecule has 1 aromatic heterocycles. The topological polar surface area (TPSA) is 103 Å². The van der Waals surface area contributed by atoms with Gasteiger partial charge >= 0.3 is 6.18 Å². The molecule has 0 aliphatic carbocycles. The predicted molar refractivity (Wildman–Crippen MR) is 96.2 cm³/mol. The van der Waals surface area contributed by atoms with Gasteiger partial charge in [0.05, 0.1) is 16.0 Å². The van der Waals surface area contributed by atoms with E-state index in [0.717, 1.165) is 12.1 Å². The molecule has 1 aromatic carbocycles. The Morgan fingerprint density at radius 3 is 2.32 bits per heavy atom. The van der Waals surface area contributed by atoms with E-state index in [9.17, 15) is 26.9 Å². The zero-order chi connectivity index (χ0) is 20.5. The fraction of sp³-hybridized carbons (Fsp3) is 0.294. The van der Waals surface area contributed by atoms with Crippen LogP contribution in [0.3, 0.4) is 0 Å². The van der Waals surface area contributed by atoms with E-state index < -0.39 is 26.7 Å². The number of rotatable bonds is 3. The first-order chi connectivity index (χ1) is 13.1. The van der Waals surface area contributed by atoms with Crippen LogP contribution in [0.1, 0.15) is 11.1 Å². The highest BCUT2D eigenvalue weighted by Crippen LogP contribution is 2.38. The fourth-order valence-corrected chi connectivity index (χ4v) is 3.63. The lowest BCUT2D eigenvalue weighted by atomic mass is 10.1. The number of sulfonamides is 1. The standard InChI is InChI=1S/C17H16F3N5O2S/c18-17(19,20)14-10-13(28(22,26)27)3-4-15(14)24-6-8-25(9-7-24)16-12(11-21)2-1-5-23-16/h1-5,10H,6-9H2,(H2,22,26,27). The number of nitrogens with zero attached hydrogens (tertiary/aromatic N) is 4. The van der Waals surface area contributed by atoms with Crippen molar-refractivity contribution in [2.24, 2.45) is 5.14 Å². The molecule has 0 bridgehead atoms. The monoisotopic (exact) mass is 411 g/mol. The number of benzene rings is 1. The van der Waals surface area contributed by atoms with Crippen molar-refractivity contribution < 1.29 is 21.6 Å². The largest absolute Gasteiger partial charge is 0.418 e. The second-order valence-corrected chi connectivity index (χ2v) is 7.74. The van der Waals surface area contributed by atoms with Crippen molar-refractivity contribution in [3.05, 3.63) is 47.7 Å². The summed E-state index contributed by atoms with van der Waals surface area (Å²) in [5, 5.41) is 14.1. The first-order valence-corrected chi connectivity index (χ1v) is 9.75. The molecule has 7 nitrogen and oxygen atoms in total. The van der Waals surface area contributed by atoms with Crippen LogP contribution < -0.4 is 14.9 Å². The molecule has 2 heterocycles. The van der Waals surface area contributed by atoms with Gasteiger partial charge in [-0.25, -0.2) is 18.5 Å². The van der Waals surface area contributed by atoms with Gasteiger partial charge in [-0.15, -0.1) is 0 Å². The van der Waals surface area contributed by atoms with Crippen molar-refractivity contribution >= 4 is 21.5 Å². The lowest BCUT2D eigenvalue weighted by molar-refractivity contribution is -0.137. The first-order valence-electron chi connectivity index (χ1n) is 8.20. The van der Waals surface area contributed by atoms with Crippen LogP contribution in [0.5, 0.6) is 0 Å². The Bertz CT molecular complexity index is 1030. The van der Waals surface area contributed by atoms with Crippen molar-refractivity contribution in [3.8, 4) is 6.07 Å². The molecule has 2 N–H and O–H groups in total. The van der Waals surface area contributed by atoms with Crippen molar-refractivity contribution in [2.75, 3.05) is 36.0 Å². The van der Waals surface area contributed by atoms with Crippen LogP contribution in [0.15, 0.2) is 41.4 Å². The van der Waals surface area contributed by atoms with E-state index in [1.165, 1.54) is 4.90 Å². The number of nitrogens with two attached hydrogens (primary N) is 1. The minimum atomic E-state index is -4.73. The minimum Gasteiger partial charge on any atom is -0.367 e. The van der Waals surface area contributed by atoms with E-state index >= 15 is 0 Å². The molecule has 28 heavy (non-hydrogen) atoms. The number of primary sulfonamides is 1. The van der Waals surface area contributed by atoms with Crippen molar-refractivity contribution in [1.82, 2.24) is 4.98 Å². The number of nitriles is 1. The molecule has 0 spiro atoms. The summed E-state index contributed by atoms with van der Waals surface area (Å²) in [7, 11) is -4.25. The van der Waals surface area contributed by atoms with Crippen LogP contribution in [0.4, 0.5) is 24.7 Å². The molecule has 1 aliphatic rings. The van der Waals surface area contributed by atoms with E-state index in [1.54, 1.807) is 18.3 Å². The summed E-state index contributed by atoms with van der Waals surface area (Å²) in [5.41, 5.74) is -0.770. The number of pyridine rings is 1. The molecule has 3 rings (SSSR count). The lowest BCUT2D eigenvalue weighted by Gasteiger charge is -2.38. The summed E-state index contributed by atoms with van der Waals surface area (Å²) in [6.45, 7) is 1.22. The molecule has 11 heteroatoms. The van der Waals surface area contributed by atoms with E-state index in [-0.39, 0.29) is 18.8 Å². The molecule has 148 valence electrons. The van der Waals surface area contributed by atoms with Crippen LogP contribution in [-0.4, -0.2) is 39.6 Å². The van der Waals surface area contributed by atoms with Crippen LogP contribution >= 0.6 is 0 Å². The Morgan fingerprint density at radius 1 is 1.11 bits per heavy atom. The molecular formula is C17H16F3N5O2S. The Balaban J connectivity index is 1.87. The molecule has 0 radical (unpaired) electrons. The number of halogens is 3. The fourth-order valence-electron chi connectivity index (χ4n) is 3.09. The van der Waals surface area contributed by atoms with Gasteiger partial charge < -0.3 is 9.80 Å². The summed E-state index contributed by atoms with van der Waals surface area (Å²) in [5.74, 6) is 0.491. The molecule has 0 atom stereocenters. The number of aromatic nitrogens is 1. The predicted octanol–water partition coefficient (Wildman–Crippen LogP) is 1.95. The Labute approximate surface area is 159 Å². The van der Waals surface area contributed by atoms with E-state index in [0.29, 0.717) is 30.5 Å². The molecule has 0 unspecified atom stereocenters. The highest BCUT2D eigenvalue weighted by molar-refractivity contribution is 7.89. The maximum absolute atomic E-state index is 13.5. The van der Waals surface area contributed by atoms with Gasteiger partial charge in [-0.05, 0) is 30.3 Å². The molecule has 1 saturated heterocycles. The number of alkyl halides is 3. The summed E-state index contributed by atoms with van der Waals surface area (Å²) in [4.78, 5) is 6.97. The first kappa shape index (κ1) is 19.9. The molecular weight excluding hydrogens is 395 g/mol. The number of hydrogen-bond acceptors (Lipinski definition) is 6. The highest BCUT2D eigenvalue weighted by Gasteiger charge is 2.36. The Hall–Kier alpha value is -2.84. The van der Waals surface area contributed by atoms with E-state index in [2.05, 4.69) is 4.98 Å². The van der Waals surface area contributed by atoms with Crippen molar-refractivity contribution in [2.45, 2.75) is 11.1 Å². The van der Waals surface area contributed by atoms with Gasteiger partial charge in [-0.3, -0.25) is 0 Å². The Morgan fingerprint density at radius 2 is 1.75 bits per heavy atom. The second-order valence-electron chi connectivity index (χ2n) is 6.18. The van der Waals surface area contributed by atoms with Gasteiger partial charge in [0, 0.05) is 38.1 Å². The lowest BCUT2D eigenvalue weighted by Crippen LogP contribution is -2.47. The molecule has 0 amide bonds. The van der Waals surface area contributed by atoms with Gasteiger partial charge in [0.2, 0.25) is 10.0 Å². The zero-order valence-electron chi connectivity index (χ0n) is 14.5. The smallest absolute Gasteiger partial charge is 0.367 e. The average molecular weight is 411 g/mol. The van der Waals surface area contributed by atoms with Gasteiger partial charge in [0.1, 0.15) is 11.9 Å². The third-order valence-electron chi connectivity index (χ3n) is 4.43. The van der Waals surface area contributed by atoms with Crippen LogP contribution in [0, 0.1) is 11.3 Å². The second kappa shape index (κ2) is 7.29. The molecule has 1 fully saturated rings. The zero-order valence-corrected chi connectivity index (χ0v) is 15.3. The summed E-state index contributed by atoms with van der Waals surface area (Å²) in [6.07, 6.45) is -3.18. The van der Waals surface area contributed by atoms with Crippen molar-refractivity contribution in [3.63, 3.8) is 0 Å². The highest BCUT2D eigenvalue weighted by atomic mass is 32.2. The average Bonchev–Trinajstić information content (AvgIpc) is 2.66. The quantitative estimate of drug-likeness (QED) is 0.828. The summed E-state index contributed by atoms with van der Waals surface area (Å²) < 4.78 is 63.3. The van der Waals surface area contributed by atoms with Crippen molar-refractivity contribution in [1.29, 1.82) is 5.26 Å². The SMILES string of the molecule is N#Cc1cccnc1N1CCN(c2ccc(S(N)(=O)=O)cc2C(F)(F)F)CC1. The van der Waals surface area contributed by atoms with Gasteiger partial charge in [-0.1, -0.05) is 0 Å². The van der Waals surface area contributed by atoms with Gasteiger partial charge in [-0.2, -0.15) is 18.4 Å². The Kier molecular flexibility index (Phi) is 5.18. The number of anilines is 2. The molecule has 1 aliphatic heterocycles. The third-order valence-corrected chi connectivity index (χ3v) is 5.34. The maximum Gasteiger partial charge on any atom is 0.418 e. The normalized spacial score (nSPS) is 15.4. The summed E-state index contributed by atoms with van der Waals surface area (Å²) >= 11 is 0. The maximum atomic E-state index is 13.5. The van der Waals surface area contributed by atoms with E-state index in [4.69, 9.17) is 5.14 Å². The van der Waals surface area contributed by atoms with Gasteiger partial charge in [0.25, 0.3) is 0 Å². The number of hydrogen-bond donors (Lipinski definition) is 1. The molecule has 2 aromatic rings.